The normalized spacial score (nSPS) is 26.5. The molecule has 6 nitrogen and oxygen atoms in total. The number of hydrazone groups is 1. The van der Waals surface area contributed by atoms with E-state index in [0.29, 0.717) is 12.0 Å². The summed E-state index contributed by atoms with van der Waals surface area (Å²) in [4.78, 5) is 14.8. The average Bonchev–Trinajstić information content (AvgIpc) is 3.03. The predicted molar refractivity (Wildman–Crippen MR) is 87.8 cm³/mol. The molecule has 2 amide bonds. The molecule has 2 aliphatic rings. The minimum Gasteiger partial charge on any atom is -0.315 e. The lowest BCUT2D eigenvalue weighted by Gasteiger charge is -2.41. The maximum absolute atomic E-state index is 13.8. The van der Waals surface area contributed by atoms with Gasteiger partial charge in [-0.1, -0.05) is 0 Å². The molecule has 0 bridgehead atoms. The van der Waals surface area contributed by atoms with Gasteiger partial charge >= 0.3 is 6.03 Å². The first-order chi connectivity index (χ1) is 11.5. The topological polar surface area (TPSA) is 71.7 Å². The molecule has 1 saturated heterocycles. The number of carbonyl (C=O) groups is 1. The molecule has 0 spiro atoms. The SMILES string of the molecule is C[C@@H]1CNC[C@H](C)N1C(=O)N1N=CC[C@H]1c1cc(F)cc(C#N)c1. The fourth-order valence-corrected chi connectivity index (χ4v) is 3.37. The lowest BCUT2D eigenvalue weighted by Crippen LogP contribution is -2.59. The number of hydrogen-bond donors (Lipinski definition) is 1. The summed E-state index contributed by atoms with van der Waals surface area (Å²) in [6, 6.07) is 5.67. The van der Waals surface area contributed by atoms with Gasteiger partial charge in [-0.2, -0.15) is 10.4 Å². The molecule has 1 fully saturated rings. The number of nitriles is 1. The molecule has 1 aromatic rings. The minimum atomic E-state index is -0.479. The predicted octanol–water partition coefficient (Wildman–Crippen LogP) is 2.23. The number of nitrogens with one attached hydrogen (secondary N) is 1. The Labute approximate surface area is 140 Å². The standard InChI is InChI=1S/C17H20FN5O/c1-11-9-20-10-12(2)22(11)17(24)23-16(3-4-21-23)14-5-13(8-19)6-15(18)7-14/h4-7,11-12,16,20H,3,9-10H2,1-2H3/t11-,12+,16-/m0/s1. The molecular formula is C17H20FN5O. The second-order valence-corrected chi connectivity index (χ2v) is 6.33. The monoisotopic (exact) mass is 329 g/mol. The Morgan fingerprint density at radius 3 is 2.71 bits per heavy atom. The van der Waals surface area contributed by atoms with Crippen molar-refractivity contribution < 1.29 is 9.18 Å². The molecule has 2 aliphatic heterocycles. The van der Waals surface area contributed by atoms with Crippen LogP contribution in [0.2, 0.25) is 0 Å². The van der Waals surface area contributed by atoms with Gasteiger partial charge in [0.15, 0.2) is 0 Å². The summed E-state index contributed by atoms with van der Waals surface area (Å²) in [7, 11) is 0. The van der Waals surface area contributed by atoms with Crippen molar-refractivity contribution in [1.29, 1.82) is 5.26 Å². The molecule has 24 heavy (non-hydrogen) atoms. The Morgan fingerprint density at radius 1 is 1.33 bits per heavy atom. The maximum atomic E-state index is 13.8. The molecule has 1 N–H and O–H groups in total. The van der Waals surface area contributed by atoms with Crippen LogP contribution in [0.4, 0.5) is 9.18 Å². The second-order valence-electron chi connectivity index (χ2n) is 6.33. The third-order valence-electron chi connectivity index (χ3n) is 4.51. The minimum absolute atomic E-state index is 0.0554. The Kier molecular flexibility index (Phi) is 4.49. The molecule has 0 aliphatic carbocycles. The van der Waals surface area contributed by atoms with E-state index in [9.17, 15) is 9.18 Å². The van der Waals surface area contributed by atoms with E-state index in [1.165, 1.54) is 17.1 Å². The van der Waals surface area contributed by atoms with Crippen molar-refractivity contribution in [1.82, 2.24) is 15.2 Å². The molecule has 3 rings (SSSR count). The van der Waals surface area contributed by atoms with Gasteiger partial charge in [-0.3, -0.25) is 0 Å². The van der Waals surface area contributed by atoms with Crippen LogP contribution in [0, 0.1) is 17.1 Å². The number of urea groups is 1. The van der Waals surface area contributed by atoms with E-state index in [4.69, 9.17) is 5.26 Å². The third kappa shape index (κ3) is 2.97. The average molecular weight is 329 g/mol. The van der Waals surface area contributed by atoms with E-state index in [-0.39, 0.29) is 29.7 Å². The van der Waals surface area contributed by atoms with Gasteiger partial charge in [0.25, 0.3) is 0 Å². The van der Waals surface area contributed by atoms with Crippen LogP contribution in [0.5, 0.6) is 0 Å². The number of rotatable bonds is 1. The largest absolute Gasteiger partial charge is 0.341 e. The molecule has 0 radical (unpaired) electrons. The first kappa shape index (κ1) is 16.4. The summed E-state index contributed by atoms with van der Waals surface area (Å²) in [5.41, 5.74) is 0.834. The summed E-state index contributed by atoms with van der Waals surface area (Å²) in [5.74, 6) is -0.479. The summed E-state index contributed by atoms with van der Waals surface area (Å²) < 4.78 is 13.8. The Hall–Kier alpha value is -2.46. The van der Waals surface area contributed by atoms with Gasteiger partial charge in [0.05, 0.1) is 17.7 Å². The fraction of sp³-hybridized carbons (Fsp3) is 0.471. The fourth-order valence-electron chi connectivity index (χ4n) is 3.37. The zero-order valence-electron chi connectivity index (χ0n) is 13.7. The lowest BCUT2D eigenvalue weighted by atomic mass is 10.0. The number of halogens is 1. The van der Waals surface area contributed by atoms with Crippen LogP contribution >= 0.6 is 0 Å². The number of piperazine rings is 1. The zero-order valence-corrected chi connectivity index (χ0v) is 13.7. The highest BCUT2D eigenvalue weighted by atomic mass is 19.1. The Balaban J connectivity index is 1.88. The highest BCUT2D eigenvalue weighted by Gasteiger charge is 2.37. The quantitative estimate of drug-likeness (QED) is 0.859. The van der Waals surface area contributed by atoms with Crippen molar-refractivity contribution in [3.63, 3.8) is 0 Å². The number of nitrogens with zero attached hydrogens (tertiary/aromatic N) is 4. The van der Waals surface area contributed by atoms with Gasteiger partial charge in [-0.15, -0.1) is 0 Å². The van der Waals surface area contributed by atoms with Crippen molar-refractivity contribution in [2.24, 2.45) is 5.10 Å². The molecule has 0 saturated carbocycles. The molecule has 0 aromatic heterocycles. The van der Waals surface area contributed by atoms with Crippen LogP contribution in [-0.2, 0) is 0 Å². The molecule has 3 atom stereocenters. The molecular weight excluding hydrogens is 309 g/mol. The van der Waals surface area contributed by atoms with Crippen molar-refractivity contribution in [3.8, 4) is 6.07 Å². The van der Waals surface area contributed by atoms with Gasteiger partial charge in [-0.05, 0) is 37.6 Å². The van der Waals surface area contributed by atoms with Crippen LogP contribution in [-0.4, -0.2) is 47.3 Å². The maximum Gasteiger partial charge on any atom is 0.341 e. The number of benzene rings is 1. The van der Waals surface area contributed by atoms with Crippen molar-refractivity contribution >= 4 is 12.2 Å². The van der Waals surface area contributed by atoms with E-state index in [1.54, 1.807) is 12.3 Å². The summed E-state index contributed by atoms with van der Waals surface area (Å²) in [6.07, 6.45) is 2.17. The van der Waals surface area contributed by atoms with Gasteiger partial charge in [-0.25, -0.2) is 14.2 Å². The molecule has 2 heterocycles. The van der Waals surface area contributed by atoms with Crippen LogP contribution < -0.4 is 5.32 Å². The van der Waals surface area contributed by atoms with E-state index >= 15 is 0 Å². The van der Waals surface area contributed by atoms with E-state index in [0.717, 1.165) is 13.1 Å². The van der Waals surface area contributed by atoms with Crippen LogP contribution in [0.25, 0.3) is 0 Å². The van der Waals surface area contributed by atoms with Gasteiger partial charge in [0, 0.05) is 37.8 Å². The molecule has 7 heteroatoms. The number of carbonyl (C=O) groups excluding carboxylic acids is 1. The van der Waals surface area contributed by atoms with Crippen molar-refractivity contribution in [2.75, 3.05) is 13.1 Å². The van der Waals surface area contributed by atoms with E-state index in [2.05, 4.69) is 10.4 Å². The summed E-state index contributed by atoms with van der Waals surface area (Å²) in [5, 5.41) is 17.9. The van der Waals surface area contributed by atoms with Crippen LogP contribution in [0.1, 0.15) is 37.4 Å². The van der Waals surface area contributed by atoms with E-state index in [1.807, 2.05) is 24.8 Å². The highest BCUT2D eigenvalue weighted by Crippen LogP contribution is 2.31. The summed E-state index contributed by atoms with van der Waals surface area (Å²) in [6.45, 7) is 5.45. The Bertz CT molecular complexity index is 703. The smallest absolute Gasteiger partial charge is 0.315 e. The van der Waals surface area contributed by atoms with Crippen LogP contribution in [0.3, 0.4) is 0 Å². The summed E-state index contributed by atoms with van der Waals surface area (Å²) >= 11 is 0. The van der Waals surface area contributed by atoms with Crippen molar-refractivity contribution in [2.45, 2.75) is 38.4 Å². The van der Waals surface area contributed by atoms with Crippen LogP contribution in [0.15, 0.2) is 23.3 Å². The zero-order chi connectivity index (χ0) is 17.3. The number of amides is 2. The number of hydrogen-bond acceptors (Lipinski definition) is 4. The second kappa shape index (κ2) is 6.57. The first-order valence-electron chi connectivity index (χ1n) is 8.06. The van der Waals surface area contributed by atoms with E-state index < -0.39 is 5.82 Å². The van der Waals surface area contributed by atoms with Gasteiger partial charge < -0.3 is 10.2 Å². The lowest BCUT2D eigenvalue weighted by molar-refractivity contribution is 0.0921. The van der Waals surface area contributed by atoms with Crippen molar-refractivity contribution in [3.05, 3.63) is 35.1 Å². The molecule has 1 aromatic carbocycles. The Morgan fingerprint density at radius 2 is 2.04 bits per heavy atom. The van der Waals surface area contributed by atoms with Gasteiger partial charge in [0.2, 0.25) is 0 Å². The highest BCUT2D eigenvalue weighted by molar-refractivity contribution is 5.79. The third-order valence-corrected chi connectivity index (χ3v) is 4.51. The first-order valence-corrected chi connectivity index (χ1v) is 8.06. The molecule has 126 valence electrons. The van der Waals surface area contributed by atoms with Gasteiger partial charge in [0.1, 0.15) is 5.82 Å². The molecule has 0 unspecified atom stereocenters.